The SMILES string of the molecule is CC(C)CCCC[C@H]1CCC2C3CC[C@H]4C[C@@H](O)CCC4(C)C3CCC21C. The van der Waals surface area contributed by atoms with Crippen LogP contribution in [0.5, 0.6) is 0 Å². The summed E-state index contributed by atoms with van der Waals surface area (Å²) in [7, 11) is 0. The zero-order valence-corrected chi connectivity index (χ0v) is 18.7. The van der Waals surface area contributed by atoms with Gasteiger partial charge < -0.3 is 5.11 Å². The first-order valence-electron chi connectivity index (χ1n) is 12.5. The van der Waals surface area contributed by atoms with E-state index in [2.05, 4.69) is 27.7 Å². The lowest BCUT2D eigenvalue weighted by Crippen LogP contribution is -2.53. The van der Waals surface area contributed by atoms with Crippen molar-refractivity contribution in [3.8, 4) is 0 Å². The van der Waals surface area contributed by atoms with Crippen LogP contribution in [0.1, 0.15) is 111 Å². The molecule has 8 atom stereocenters. The van der Waals surface area contributed by atoms with Crippen molar-refractivity contribution in [2.45, 2.75) is 117 Å². The fourth-order valence-electron chi connectivity index (χ4n) is 8.76. The first kappa shape index (κ1) is 20.2. The minimum Gasteiger partial charge on any atom is -0.393 e. The Balaban J connectivity index is 1.43. The van der Waals surface area contributed by atoms with E-state index < -0.39 is 0 Å². The Bertz CT molecular complexity index is 512. The summed E-state index contributed by atoms with van der Waals surface area (Å²) in [5.41, 5.74) is 1.19. The lowest BCUT2D eigenvalue weighted by molar-refractivity contribution is -0.127. The van der Waals surface area contributed by atoms with Crippen LogP contribution in [-0.2, 0) is 0 Å². The summed E-state index contributed by atoms with van der Waals surface area (Å²) in [6.07, 6.45) is 18.2. The molecule has 0 aliphatic heterocycles. The molecule has 4 rings (SSSR count). The molecule has 0 saturated heterocycles. The highest BCUT2D eigenvalue weighted by atomic mass is 16.3. The van der Waals surface area contributed by atoms with E-state index in [1.54, 1.807) is 0 Å². The van der Waals surface area contributed by atoms with Crippen LogP contribution in [0.25, 0.3) is 0 Å². The highest BCUT2D eigenvalue weighted by molar-refractivity contribution is 5.09. The molecule has 0 bridgehead atoms. The first-order chi connectivity index (χ1) is 12.8. The van der Waals surface area contributed by atoms with Crippen molar-refractivity contribution < 1.29 is 5.11 Å². The van der Waals surface area contributed by atoms with Gasteiger partial charge in [-0.1, -0.05) is 47.0 Å². The number of unbranched alkanes of at least 4 members (excludes halogenated alkanes) is 1. The number of rotatable bonds is 5. The number of aliphatic hydroxyl groups excluding tert-OH is 1. The predicted molar refractivity (Wildman–Crippen MR) is 115 cm³/mol. The third-order valence-electron chi connectivity index (χ3n) is 10.4. The van der Waals surface area contributed by atoms with Crippen LogP contribution in [0, 0.1) is 46.3 Å². The van der Waals surface area contributed by atoms with Gasteiger partial charge >= 0.3 is 0 Å². The van der Waals surface area contributed by atoms with Gasteiger partial charge in [-0.15, -0.1) is 0 Å². The Morgan fingerprint density at radius 3 is 2.37 bits per heavy atom. The summed E-state index contributed by atoms with van der Waals surface area (Å²) < 4.78 is 0. The van der Waals surface area contributed by atoms with E-state index in [0.29, 0.717) is 10.8 Å². The molecular weight excluding hydrogens is 328 g/mol. The molecule has 4 saturated carbocycles. The van der Waals surface area contributed by atoms with Crippen LogP contribution >= 0.6 is 0 Å². The lowest BCUT2D eigenvalue weighted by atomic mass is 9.44. The maximum atomic E-state index is 10.2. The van der Waals surface area contributed by atoms with Crippen LogP contribution in [0.3, 0.4) is 0 Å². The van der Waals surface area contributed by atoms with Gasteiger partial charge in [0.05, 0.1) is 6.10 Å². The van der Waals surface area contributed by atoms with E-state index in [1.165, 1.54) is 70.6 Å². The van der Waals surface area contributed by atoms with Crippen LogP contribution in [0.15, 0.2) is 0 Å². The molecule has 0 aromatic rings. The third-order valence-corrected chi connectivity index (χ3v) is 10.4. The van der Waals surface area contributed by atoms with Crippen molar-refractivity contribution in [3.63, 3.8) is 0 Å². The summed E-state index contributed by atoms with van der Waals surface area (Å²) in [6.45, 7) is 10.1. The van der Waals surface area contributed by atoms with Gasteiger partial charge in [0, 0.05) is 0 Å². The fourth-order valence-corrected chi connectivity index (χ4v) is 8.76. The molecule has 4 aliphatic rings. The molecule has 0 heterocycles. The smallest absolute Gasteiger partial charge is 0.0543 e. The van der Waals surface area contributed by atoms with Gasteiger partial charge in [0.25, 0.3) is 0 Å². The normalized spacial score (nSPS) is 49.6. The van der Waals surface area contributed by atoms with Crippen molar-refractivity contribution in [1.82, 2.24) is 0 Å². The molecule has 1 N–H and O–H groups in total. The van der Waals surface area contributed by atoms with E-state index >= 15 is 0 Å². The quantitative estimate of drug-likeness (QED) is 0.503. The molecule has 0 aromatic heterocycles. The Labute approximate surface area is 169 Å². The zero-order valence-electron chi connectivity index (χ0n) is 18.7. The summed E-state index contributed by atoms with van der Waals surface area (Å²) >= 11 is 0. The minimum atomic E-state index is -0.00446. The summed E-state index contributed by atoms with van der Waals surface area (Å²) in [4.78, 5) is 0. The molecule has 4 aliphatic carbocycles. The summed E-state index contributed by atoms with van der Waals surface area (Å²) in [5.74, 6) is 5.66. The van der Waals surface area contributed by atoms with E-state index in [1.807, 2.05) is 0 Å². The average Bonchev–Trinajstić information content (AvgIpc) is 2.96. The van der Waals surface area contributed by atoms with Crippen LogP contribution < -0.4 is 0 Å². The Morgan fingerprint density at radius 1 is 0.852 bits per heavy atom. The van der Waals surface area contributed by atoms with Gasteiger partial charge in [-0.3, -0.25) is 0 Å². The molecule has 156 valence electrons. The van der Waals surface area contributed by atoms with E-state index in [0.717, 1.165) is 48.3 Å². The average molecular weight is 375 g/mol. The Kier molecular flexibility index (Phi) is 5.74. The largest absolute Gasteiger partial charge is 0.393 e. The molecule has 0 spiro atoms. The van der Waals surface area contributed by atoms with Crippen molar-refractivity contribution >= 4 is 0 Å². The predicted octanol–water partition coefficient (Wildman–Crippen LogP) is 7.22. The standard InChI is InChI=1S/C26H46O/c1-18(2)7-5-6-8-19-10-12-23-22-11-9-20-17-21(27)13-15-26(20,4)24(22)14-16-25(19,23)3/h18-24,27H,5-17H2,1-4H3/t19-,20-,21-,22?,23?,24?,25?,26?/m0/s1. The summed E-state index contributed by atoms with van der Waals surface area (Å²) in [6, 6.07) is 0. The van der Waals surface area contributed by atoms with Crippen molar-refractivity contribution in [3.05, 3.63) is 0 Å². The number of hydrogen-bond acceptors (Lipinski definition) is 1. The van der Waals surface area contributed by atoms with Gasteiger partial charge in [0.1, 0.15) is 0 Å². The zero-order chi connectivity index (χ0) is 19.2. The molecule has 5 unspecified atom stereocenters. The van der Waals surface area contributed by atoms with Gasteiger partial charge in [0.15, 0.2) is 0 Å². The second-order valence-corrected chi connectivity index (χ2v) is 12.1. The first-order valence-corrected chi connectivity index (χ1v) is 12.5. The van der Waals surface area contributed by atoms with Crippen molar-refractivity contribution in [2.24, 2.45) is 46.3 Å². The van der Waals surface area contributed by atoms with E-state index in [4.69, 9.17) is 0 Å². The van der Waals surface area contributed by atoms with Crippen molar-refractivity contribution in [1.29, 1.82) is 0 Å². The molecule has 1 nitrogen and oxygen atoms in total. The molecule has 4 fully saturated rings. The van der Waals surface area contributed by atoms with Gasteiger partial charge in [-0.25, -0.2) is 0 Å². The molecular formula is C26H46O. The van der Waals surface area contributed by atoms with E-state index in [9.17, 15) is 5.11 Å². The molecule has 0 amide bonds. The van der Waals surface area contributed by atoms with Gasteiger partial charge in [-0.05, 0) is 111 Å². The maximum Gasteiger partial charge on any atom is 0.0543 e. The highest BCUT2D eigenvalue weighted by Gasteiger charge is 2.59. The third kappa shape index (κ3) is 3.53. The number of fused-ring (bicyclic) bond motifs is 5. The second kappa shape index (κ2) is 7.66. The minimum absolute atomic E-state index is 0.00446. The fraction of sp³-hybridized carbons (Fsp3) is 1.00. The lowest BCUT2D eigenvalue weighted by Gasteiger charge is -2.61. The van der Waals surface area contributed by atoms with Crippen LogP contribution in [-0.4, -0.2) is 11.2 Å². The molecule has 0 radical (unpaired) electrons. The topological polar surface area (TPSA) is 20.2 Å². The van der Waals surface area contributed by atoms with Crippen LogP contribution in [0.4, 0.5) is 0 Å². The van der Waals surface area contributed by atoms with Crippen molar-refractivity contribution in [2.75, 3.05) is 0 Å². The van der Waals surface area contributed by atoms with Crippen LogP contribution in [0.2, 0.25) is 0 Å². The Hall–Kier alpha value is -0.0400. The second-order valence-electron chi connectivity index (χ2n) is 12.1. The number of aliphatic hydroxyl groups is 1. The monoisotopic (exact) mass is 374 g/mol. The summed E-state index contributed by atoms with van der Waals surface area (Å²) in [5, 5.41) is 10.2. The molecule has 27 heavy (non-hydrogen) atoms. The Morgan fingerprint density at radius 2 is 1.59 bits per heavy atom. The molecule has 1 heteroatoms. The van der Waals surface area contributed by atoms with E-state index in [-0.39, 0.29) is 6.10 Å². The van der Waals surface area contributed by atoms with Gasteiger partial charge in [-0.2, -0.15) is 0 Å². The highest BCUT2D eigenvalue weighted by Crippen LogP contribution is 2.67. The maximum absolute atomic E-state index is 10.2. The van der Waals surface area contributed by atoms with Gasteiger partial charge in [0.2, 0.25) is 0 Å². The molecule has 0 aromatic carbocycles. The number of hydrogen-bond donors (Lipinski definition) is 1.